The Bertz CT molecular complexity index is 1040. The van der Waals surface area contributed by atoms with Gasteiger partial charge in [-0.25, -0.2) is 0 Å². The van der Waals surface area contributed by atoms with Gasteiger partial charge in [0, 0.05) is 12.0 Å². The third-order valence-electron chi connectivity index (χ3n) is 7.02. The van der Waals surface area contributed by atoms with Gasteiger partial charge < -0.3 is 8.92 Å². The van der Waals surface area contributed by atoms with Gasteiger partial charge in [0.05, 0.1) is 6.61 Å². The quantitative estimate of drug-likeness (QED) is 0.0748. The summed E-state index contributed by atoms with van der Waals surface area (Å²) in [6, 6.07) is 13.3. The molecule has 0 N–H and O–H groups in total. The minimum Gasteiger partial charge on any atom is -0.494 e. The monoisotopic (exact) mass is 618 g/mol. The second kappa shape index (κ2) is 20.9. The second-order valence-electron chi connectivity index (χ2n) is 10.6. The van der Waals surface area contributed by atoms with Gasteiger partial charge in [-0.15, -0.1) is 0 Å². The molecule has 2 aromatic rings. The van der Waals surface area contributed by atoms with Crippen LogP contribution < -0.4 is 8.92 Å². The summed E-state index contributed by atoms with van der Waals surface area (Å²) in [5.41, 5.74) is -4.38. The molecule has 0 aromatic heterocycles. The molecular formula is C32H49F3O4S2. The fraction of sp³-hybridized carbons (Fsp3) is 0.625. The Morgan fingerprint density at radius 2 is 1.17 bits per heavy atom. The molecule has 2 aromatic carbocycles. The van der Waals surface area contributed by atoms with Gasteiger partial charge in [0.1, 0.15) is 11.5 Å². The molecule has 0 atom stereocenters. The molecule has 0 saturated heterocycles. The van der Waals surface area contributed by atoms with Crippen LogP contribution in [0.1, 0.15) is 121 Å². The Kier molecular flexibility index (Phi) is 19.0. The van der Waals surface area contributed by atoms with E-state index in [-0.39, 0.29) is 25.7 Å². The number of alkyl halides is 3. The summed E-state index contributed by atoms with van der Waals surface area (Å²) in [6.45, 7) is 2.75. The van der Waals surface area contributed by atoms with Crippen molar-refractivity contribution in [3.63, 3.8) is 0 Å². The van der Waals surface area contributed by atoms with E-state index in [0.29, 0.717) is 17.9 Å². The van der Waals surface area contributed by atoms with Gasteiger partial charge in [-0.2, -0.15) is 35.1 Å². The van der Waals surface area contributed by atoms with Gasteiger partial charge in [-0.1, -0.05) is 134 Å². The summed E-state index contributed by atoms with van der Waals surface area (Å²) in [5, 5.41) is 0. The van der Waals surface area contributed by atoms with Crippen molar-refractivity contribution in [1.29, 1.82) is 0 Å². The first kappa shape index (κ1) is 37.2. The largest absolute Gasteiger partial charge is 0.534 e. The summed E-state index contributed by atoms with van der Waals surface area (Å²) >= 11 is 0. The van der Waals surface area contributed by atoms with Gasteiger partial charge in [-0.05, 0) is 30.2 Å². The molecule has 234 valence electrons. The predicted octanol–water partition coefficient (Wildman–Crippen LogP) is 10.3. The number of ether oxygens (including phenoxy) is 1. The van der Waals surface area contributed by atoms with Gasteiger partial charge in [0.25, 0.3) is 0 Å². The lowest BCUT2D eigenvalue weighted by Gasteiger charge is -2.15. The molecule has 0 spiro atoms. The van der Waals surface area contributed by atoms with E-state index >= 15 is 0 Å². The van der Waals surface area contributed by atoms with E-state index < -0.39 is 15.6 Å². The molecule has 0 aliphatic heterocycles. The van der Waals surface area contributed by atoms with Crippen LogP contribution in [0.4, 0.5) is 13.2 Å². The van der Waals surface area contributed by atoms with Crippen molar-refractivity contribution in [2.45, 2.75) is 122 Å². The van der Waals surface area contributed by atoms with Gasteiger partial charge in [0.15, 0.2) is 0 Å². The number of benzene rings is 2. The molecule has 9 heteroatoms. The summed E-state index contributed by atoms with van der Waals surface area (Å²) < 4.78 is 72.1. The van der Waals surface area contributed by atoms with Crippen molar-refractivity contribution >= 4 is 23.6 Å². The Morgan fingerprint density at radius 3 is 1.66 bits per heavy atom. The van der Waals surface area contributed by atoms with Crippen LogP contribution in [0.25, 0.3) is 0 Å². The fourth-order valence-electron chi connectivity index (χ4n) is 4.69. The first-order valence-electron chi connectivity index (χ1n) is 15.0. The highest BCUT2D eigenvalue weighted by atomic mass is 32.2. The van der Waals surface area contributed by atoms with Crippen molar-refractivity contribution in [1.82, 2.24) is 0 Å². The van der Waals surface area contributed by atoms with Gasteiger partial charge in [0.2, 0.25) is 0 Å². The predicted molar refractivity (Wildman–Crippen MR) is 167 cm³/mol. The van der Waals surface area contributed by atoms with E-state index in [1.165, 1.54) is 95.6 Å². The molecule has 0 amide bonds. The zero-order valence-electron chi connectivity index (χ0n) is 24.5. The molecule has 4 nitrogen and oxygen atoms in total. The molecule has 0 saturated carbocycles. The molecule has 2 rings (SSSR count). The Morgan fingerprint density at radius 1 is 0.683 bits per heavy atom. The van der Waals surface area contributed by atoms with E-state index in [2.05, 4.69) is 11.1 Å². The summed E-state index contributed by atoms with van der Waals surface area (Å²) in [7, 11) is -5.76. The first-order valence-corrected chi connectivity index (χ1v) is 16.4. The standard InChI is InChI=1S/C32H47F3O4S.H2S/c1-2-3-4-5-6-7-8-9-10-11-12-13-14-15-16-20-25-38-30-23-24-31(39-40(36,37)32(33,34)35)29(27-30)26-28-21-18-17-19-22-28;/h17-19,21-24,27H,2-16,20,25-26H2,1H3;1H2. The lowest BCUT2D eigenvalue weighted by molar-refractivity contribution is -0.0500. The van der Waals surface area contributed by atoms with E-state index in [4.69, 9.17) is 4.74 Å². The molecule has 0 bridgehead atoms. The number of hydrogen-bond donors (Lipinski definition) is 0. The van der Waals surface area contributed by atoms with E-state index in [1.54, 1.807) is 18.2 Å². The van der Waals surface area contributed by atoms with Gasteiger partial charge in [-0.3, -0.25) is 0 Å². The molecular weight excluding hydrogens is 569 g/mol. The fourth-order valence-corrected chi connectivity index (χ4v) is 5.18. The molecule has 41 heavy (non-hydrogen) atoms. The molecule has 0 aliphatic carbocycles. The van der Waals surface area contributed by atoms with Crippen molar-refractivity contribution < 1.29 is 30.5 Å². The molecule has 0 aliphatic rings. The Hall–Kier alpha value is -1.87. The van der Waals surface area contributed by atoms with Crippen LogP contribution in [0, 0.1) is 0 Å². The first-order chi connectivity index (χ1) is 19.2. The summed E-state index contributed by atoms with van der Waals surface area (Å²) in [4.78, 5) is 0. The van der Waals surface area contributed by atoms with Crippen molar-refractivity contribution in [2.24, 2.45) is 0 Å². The zero-order chi connectivity index (χ0) is 29.1. The average Bonchev–Trinajstić information content (AvgIpc) is 2.91. The van der Waals surface area contributed by atoms with Crippen LogP contribution in [0.15, 0.2) is 48.5 Å². The number of unbranched alkanes of at least 4 members (excludes halogenated alkanes) is 15. The second-order valence-corrected chi connectivity index (χ2v) is 12.1. The smallest absolute Gasteiger partial charge is 0.494 e. The number of rotatable bonds is 22. The summed E-state index contributed by atoms with van der Waals surface area (Å²) in [6.07, 6.45) is 20.8. The molecule has 0 radical (unpaired) electrons. The Labute approximate surface area is 253 Å². The van der Waals surface area contributed by atoms with Crippen molar-refractivity contribution in [3.05, 3.63) is 59.7 Å². The molecule has 0 fully saturated rings. The Balaban J connectivity index is 0.00000840. The SMILES string of the molecule is CCCCCCCCCCCCCCCCCCOc1ccc(OS(=O)(=O)C(F)(F)F)c(Cc2ccccc2)c1.S. The maximum Gasteiger partial charge on any atom is 0.534 e. The number of hydrogen-bond acceptors (Lipinski definition) is 4. The van der Waals surface area contributed by atoms with Crippen molar-refractivity contribution in [2.75, 3.05) is 6.61 Å². The van der Waals surface area contributed by atoms with E-state index in [0.717, 1.165) is 24.8 Å². The van der Waals surface area contributed by atoms with E-state index in [9.17, 15) is 21.6 Å². The molecule has 0 unspecified atom stereocenters. The maximum absolute atomic E-state index is 12.9. The highest BCUT2D eigenvalue weighted by Gasteiger charge is 2.48. The highest BCUT2D eigenvalue weighted by Crippen LogP contribution is 2.32. The van der Waals surface area contributed by atoms with Crippen LogP contribution in [0.2, 0.25) is 0 Å². The van der Waals surface area contributed by atoms with Gasteiger partial charge >= 0.3 is 15.6 Å². The minimum atomic E-state index is -5.76. The highest BCUT2D eigenvalue weighted by molar-refractivity contribution is 7.88. The van der Waals surface area contributed by atoms with Crippen LogP contribution in [0.3, 0.4) is 0 Å². The topological polar surface area (TPSA) is 52.6 Å². The lowest BCUT2D eigenvalue weighted by Crippen LogP contribution is -2.28. The van der Waals surface area contributed by atoms with Crippen LogP contribution in [-0.4, -0.2) is 20.5 Å². The van der Waals surface area contributed by atoms with Crippen molar-refractivity contribution in [3.8, 4) is 11.5 Å². The normalized spacial score (nSPS) is 11.7. The van der Waals surface area contributed by atoms with Crippen LogP contribution >= 0.6 is 13.5 Å². The number of halogens is 3. The third kappa shape index (κ3) is 15.8. The maximum atomic E-state index is 12.9. The minimum absolute atomic E-state index is 0. The molecule has 0 heterocycles. The van der Waals surface area contributed by atoms with Crippen LogP contribution in [0.5, 0.6) is 11.5 Å². The summed E-state index contributed by atoms with van der Waals surface area (Å²) in [5.74, 6) is 0.125. The zero-order valence-corrected chi connectivity index (χ0v) is 26.3. The van der Waals surface area contributed by atoms with E-state index in [1.807, 2.05) is 18.2 Å². The lowest BCUT2D eigenvalue weighted by atomic mass is 10.0. The third-order valence-corrected chi connectivity index (χ3v) is 7.98. The van der Waals surface area contributed by atoms with Crippen LogP contribution in [-0.2, 0) is 16.5 Å². The average molecular weight is 619 g/mol.